The second-order valence-corrected chi connectivity index (χ2v) is 3.54. The van der Waals surface area contributed by atoms with Gasteiger partial charge in [0.2, 0.25) is 5.91 Å². The number of aliphatic carboxylic acids is 1. The van der Waals surface area contributed by atoms with Crippen molar-refractivity contribution in [1.82, 2.24) is 25.9 Å². The predicted molar refractivity (Wildman–Crippen MR) is 55.6 cm³/mol. The van der Waals surface area contributed by atoms with E-state index >= 15 is 0 Å². The van der Waals surface area contributed by atoms with Crippen molar-refractivity contribution < 1.29 is 14.7 Å². The monoisotopic (exact) mass is 242 g/mol. The minimum Gasteiger partial charge on any atom is -0.481 e. The van der Waals surface area contributed by atoms with Gasteiger partial charge in [0, 0.05) is 6.42 Å². The number of nitrogens with one attached hydrogen (secondary N) is 2. The zero-order chi connectivity index (χ0) is 12.8. The Kier molecular flexibility index (Phi) is 4.52. The van der Waals surface area contributed by atoms with E-state index in [0.29, 0.717) is 5.82 Å². The third-order valence-corrected chi connectivity index (χ3v) is 2.11. The summed E-state index contributed by atoms with van der Waals surface area (Å²) in [5, 5.41) is 24.1. The Bertz CT molecular complexity index is 379. The molecule has 5 N–H and O–H groups in total. The van der Waals surface area contributed by atoms with E-state index in [1.165, 1.54) is 0 Å². The molecule has 2 atom stereocenters. The summed E-state index contributed by atoms with van der Waals surface area (Å²) >= 11 is 0. The third-order valence-electron chi connectivity index (χ3n) is 2.11. The Labute approximate surface area is 96.8 Å². The molecule has 9 nitrogen and oxygen atoms in total. The van der Waals surface area contributed by atoms with E-state index < -0.39 is 24.0 Å². The first kappa shape index (κ1) is 13.0. The van der Waals surface area contributed by atoms with Crippen LogP contribution < -0.4 is 11.1 Å². The molecule has 1 rings (SSSR count). The lowest BCUT2D eigenvalue weighted by molar-refractivity contribution is -0.137. The van der Waals surface area contributed by atoms with E-state index in [0.717, 1.165) is 0 Å². The Hall–Kier alpha value is -2.03. The van der Waals surface area contributed by atoms with Gasteiger partial charge >= 0.3 is 5.97 Å². The van der Waals surface area contributed by atoms with Gasteiger partial charge in [-0.25, -0.2) is 0 Å². The van der Waals surface area contributed by atoms with Crippen LogP contribution in [0.15, 0.2) is 0 Å². The molecule has 0 radical (unpaired) electrons. The Morgan fingerprint density at radius 1 is 1.59 bits per heavy atom. The van der Waals surface area contributed by atoms with Crippen LogP contribution in [0.1, 0.15) is 31.6 Å². The number of nitrogens with zero attached hydrogens (tertiary/aromatic N) is 3. The topological polar surface area (TPSA) is 147 Å². The lowest BCUT2D eigenvalue weighted by atomic mass is 10.1. The number of hydrogen-bond acceptors (Lipinski definition) is 6. The number of rotatable bonds is 6. The molecule has 0 saturated carbocycles. The highest BCUT2D eigenvalue weighted by Gasteiger charge is 2.19. The van der Waals surface area contributed by atoms with Crippen molar-refractivity contribution in [1.29, 1.82) is 0 Å². The fourth-order valence-electron chi connectivity index (χ4n) is 1.15. The summed E-state index contributed by atoms with van der Waals surface area (Å²) < 4.78 is 0. The number of carboxylic acids is 1. The molecular weight excluding hydrogens is 228 g/mol. The summed E-state index contributed by atoms with van der Waals surface area (Å²) in [6, 6.07) is -1.29. The number of carbonyl (C=O) groups is 2. The van der Waals surface area contributed by atoms with Gasteiger partial charge in [0.25, 0.3) is 0 Å². The minimum absolute atomic E-state index is 0.0835. The van der Waals surface area contributed by atoms with Crippen molar-refractivity contribution in [2.45, 2.75) is 31.8 Å². The third kappa shape index (κ3) is 4.15. The van der Waals surface area contributed by atoms with Crippen LogP contribution in [0.3, 0.4) is 0 Å². The number of carboxylic acid groups (broad SMARTS) is 1. The van der Waals surface area contributed by atoms with E-state index in [9.17, 15) is 9.59 Å². The van der Waals surface area contributed by atoms with E-state index in [1.807, 2.05) is 0 Å². The second kappa shape index (κ2) is 5.89. The summed E-state index contributed by atoms with van der Waals surface area (Å²) in [7, 11) is 0. The maximum atomic E-state index is 11.5. The van der Waals surface area contributed by atoms with E-state index in [4.69, 9.17) is 10.8 Å². The lowest BCUT2D eigenvalue weighted by Crippen LogP contribution is -2.42. The molecule has 94 valence electrons. The van der Waals surface area contributed by atoms with Crippen LogP contribution in [0.5, 0.6) is 0 Å². The maximum Gasteiger partial charge on any atom is 0.303 e. The number of aromatic amines is 1. The summed E-state index contributed by atoms with van der Waals surface area (Å²) in [4.78, 5) is 21.9. The molecule has 0 aromatic carbocycles. The van der Waals surface area contributed by atoms with Crippen molar-refractivity contribution in [2.24, 2.45) is 5.73 Å². The predicted octanol–water partition coefficient (Wildman–Crippen LogP) is -1.43. The number of nitrogens with two attached hydrogens (primary N) is 1. The summed E-state index contributed by atoms with van der Waals surface area (Å²) in [6.45, 7) is 1.67. The van der Waals surface area contributed by atoms with Gasteiger partial charge < -0.3 is 16.2 Å². The van der Waals surface area contributed by atoms with Crippen molar-refractivity contribution in [2.75, 3.05) is 0 Å². The molecule has 1 amide bonds. The van der Waals surface area contributed by atoms with Crippen molar-refractivity contribution in [3.8, 4) is 0 Å². The van der Waals surface area contributed by atoms with Crippen LogP contribution in [0.4, 0.5) is 0 Å². The number of hydrogen-bond donors (Lipinski definition) is 4. The first-order valence-electron chi connectivity index (χ1n) is 5.01. The molecule has 0 aliphatic carbocycles. The number of amides is 1. The van der Waals surface area contributed by atoms with Crippen LogP contribution in [0, 0.1) is 0 Å². The van der Waals surface area contributed by atoms with Gasteiger partial charge in [0.1, 0.15) is 0 Å². The number of carbonyl (C=O) groups excluding carboxylic acids is 1. The second-order valence-electron chi connectivity index (χ2n) is 3.54. The Balaban J connectivity index is 2.40. The van der Waals surface area contributed by atoms with E-state index in [2.05, 4.69) is 25.9 Å². The first-order valence-corrected chi connectivity index (χ1v) is 5.01. The average molecular weight is 242 g/mol. The fraction of sp³-hybridized carbons (Fsp3) is 0.625. The zero-order valence-electron chi connectivity index (χ0n) is 9.25. The highest BCUT2D eigenvalue weighted by Crippen LogP contribution is 2.04. The lowest BCUT2D eigenvalue weighted by Gasteiger charge is -2.14. The largest absolute Gasteiger partial charge is 0.481 e. The van der Waals surface area contributed by atoms with Gasteiger partial charge in [-0.15, -0.1) is 10.2 Å². The van der Waals surface area contributed by atoms with Crippen LogP contribution in [0.2, 0.25) is 0 Å². The molecule has 0 saturated heterocycles. The van der Waals surface area contributed by atoms with Crippen molar-refractivity contribution >= 4 is 11.9 Å². The standard InChI is InChI=1S/C8H14N6O3/c1-4(7-11-13-14-12-7)10-8(17)5(9)2-3-6(15)16/h4-5H,2-3,9H2,1H3,(H,10,17)(H,15,16)(H,11,12,13,14). The van der Waals surface area contributed by atoms with Crippen molar-refractivity contribution in [3.05, 3.63) is 5.82 Å². The van der Waals surface area contributed by atoms with Gasteiger partial charge in [-0.2, -0.15) is 5.21 Å². The van der Waals surface area contributed by atoms with Crippen LogP contribution in [0.25, 0.3) is 0 Å². The van der Waals surface area contributed by atoms with Gasteiger partial charge in [0.15, 0.2) is 5.82 Å². The van der Waals surface area contributed by atoms with Gasteiger partial charge in [0.05, 0.1) is 12.1 Å². The van der Waals surface area contributed by atoms with E-state index in [-0.39, 0.29) is 12.8 Å². The summed E-state index contributed by atoms with van der Waals surface area (Å²) in [5.74, 6) is -1.09. The van der Waals surface area contributed by atoms with Gasteiger partial charge in [-0.1, -0.05) is 5.21 Å². The Morgan fingerprint density at radius 3 is 2.82 bits per heavy atom. The molecule has 0 bridgehead atoms. The minimum atomic E-state index is -0.987. The quantitative estimate of drug-likeness (QED) is 0.478. The van der Waals surface area contributed by atoms with Gasteiger partial charge in [-0.05, 0) is 13.3 Å². The highest BCUT2D eigenvalue weighted by molar-refractivity contribution is 5.82. The number of H-pyrrole nitrogens is 1. The molecule has 0 aliphatic rings. The first-order chi connectivity index (χ1) is 8.00. The van der Waals surface area contributed by atoms with Crippen LogP contribution in [-0.4, -0.2) is 43.6 Å². The molecular formula is C8H14N6O3. The molecule has 0 spiro atoms. The molecule has 0 aliphatic heterocycles. The maximum absolute atomic E-state index is 11.5. The molecule has 1 aromatic heterocycles. The fourth-order valence-corrected chi connectivity index (χ4v) is 1.15. The van der Waals surface area contributed by atoms with Crippen molar-refractivity contribution in [3.63, 3.8) is 0 Å². The molecule has 2 unspecified atom stereocenters. The molecule has 17 heavy (non-hydrogen) atoms. The van der Waals surface area contributed by atoms with Gasteiger partial charge in [-0.3, -0.25) is 9.59 Å². The zero-order valence-corrected chi connectivity index (χ0v) is 9.25. The average Bonchev–Trinajstić information content (AvgIpc) is 2.78. The molecule has 1 aromatic rings. The number of aromatic nitrogens is 4. The smallest absolute Gasteiger partial charge is 0.303 e. The number of tetrazole rings is 1. The summed E-state index contributed by atoms with van der Waals surface area (Å²) in [5.41, 5.74) is 5.53. The van der Waals surface area contributed by atoms with E-state index in [1.54, 1.807) is 6.92 Å². The molecule has 9 heteroatoms. The normalized spacial score (nSPS) is 14.0. The SMILES string of the molecule is CC(NC(=O)C(N)CCC(=O)O)c1nn[nH]n1. The molecule has 1 heterocycles. The van der Waals surface area contributed by atoms with Crippen LogP contribution >= 0.6 is 0 Å². The molecule has 0 fully saturated rings. The summed E-state index contributed by atoms with van der Waals surface area (Å²) in [6.07, 6.45) is -0.0642. The Morgan fingerprint density at radius 2 is 2.29 bits per heavy atom. The van der Waals surface area contributed by atoms with Crippen LogP contribution in [-0.2, 0) is 9.59 Å². The highest BCUT2D eigenvalue weighted by atomic mass is 16.4.